The first kappa shape index (κ1) is 17.0. The van der Waals surface area contributed by atoms with Crippen LogP contribution in [0.3, 0.4) is 0 Å². The molecule has 0 saturated heterocycles. The highest BCUT2D eigenvalue weighted by Gasteiger charge is 2.34. The number of benzene rings is 1. The Bertz CT molecular complexity index is 897. The number of aromatic nitrogens is 1. The highest BCUT2D eigenvalue weighted by Crippen LogP contribution is 2.44. The Morgan fingerprint density at radius 2 is 2.08 bits per heavy atom. The number of hydrogen-bond acceptors (Lipinski definition) is 4. The summed E-state index contributed by atoms with van der Waals surface area (Å²) in [5.74, 6) is -0.505. The van der Waals surface area contributed by atoms with Gasteiger partial charge < -0.3 is 10.1 Å². The third-order valence-corrected chi connectivity index (χ3v) is 5.49. The van der Waals surface area contributed by atoms with Crippen molar-refractivity contribution in [2.75, 3.05) is 0 Å². The molecule has 1 N–H and O–H groups in total. The molecule has 8 heteroatoms. The van der Waals surface area contributed by atoms with Gasteiger partial charge in [-0.2, -0.15) is 0 Å². The first-order valence-electron chi connectivity index (χ1n) is 7.89. The van der Waals surface area contributed by atoms with Crippen molar-refractivity contribution in [1.29, 1.82) is 0 Å². The van der Waals surface area contributed by atoms with Gasteiger partial charge in [-0.25, -0.2) is 0 Å². The van der Waals surface area contributed by atoms with Gasteiger partial charge in [-0.3, -0.25) is 9.78 Å². The monoisotopic (exact) mass is 378 g/mol. The summed E-state index contributed by atoms with van der Waals surface area (Å²) >= 11 is 1.19. The average molecular weight is 378 g/mol. The zero-order valence-electron chi connectivity index (χ0n) is 13.3. The van der Waals surface area contributed by atoms with Gasteiger partial charge in [0.25, 0.3) is 5.91 Å². The summed E-state index contributed by atoms with van der Waals surface area (Å²) in [4.78, 5) is 18.0. The lowest BCUT2D eigenvalue weighted by molar-refractivity contribution is -0.274. The zero-order chi connectivity index (χ0) is 18.3. The van der Waals surface area contributed by atoms with E-state index in [2.05, 4.69) is 15.0 Å². The Morgan fingerprint density at radius 1 is 1.23 bits per heavy atom. The van der Waals surface area contributed by atoms with Crippen LogP contribution in [-0.2, 0) is 11.2 Å². The number of hydrogen-bond donors (Lipinski definition) is 1. The van der Waals surface area contributed by atoms with Crippen LogP contribution in [0.25, 0.3) is 0 Å². The molecule has 2 aromatic rings. The number of halogens is 3. The Labute approximate surface area is 151 Å². The summed E-state index contributed by atoms with van der Waals surface area (Å²) in [7, 11) is 0. The van der Waals surface area contributed by atoms with Crippen molar-refractivity contribution in [3.63, 3.8) is 0 Å². The van der Waals surface area contributed by atoms with E-state index >= 15 is 0 Å². The first-order chi connectivity index (χ1) is 12.4. The van der Waals surface area contributed by atoms with Crippen molar-refractivity contribution in [1.82, 2.24) is 10.3 Å². The molecule has 1 atom stereocenters. The number of ether oxygens (including phenoxy) is 1. The van der Waals surface area contributed by atoms with E-state index in [1.54, 1.807) is 12.3 Å². The fourth-order valence-corrected chi connectivity index (χ4v) is 4.24. The van der Waals surface area contributed by atoms with Crippen molar-refractivity contribution >= 4 is 17.7 Å². The topological polar surface area (TPSA) is 51.2 Å². The van der Waals surface area contributed by atoms with Crippen LogP contribution >= 0.6 is 11.8 Å². The highest BCUT2D eigenvalue weighted by molar-refractivity contribution is 8.04. The molecular formula is C18H13F3N2O2S. The summed E-state index contributed by atoms with van der Waals surface area (Å²) in [5, 5.41) is 2.92. The Balaban J connectivity index is 1.59. The van der Waals surface area contributed by atoms with Gasteiger partial charge in [-0.1, -0.05) is 23.9 Å². The molecule has 1 amide bonds. The molecule has 0 saturated carbocycles. The quantitative estimate of drug-likeness (QED) is 0.853. The number of nitrogens with one attached hydrogen (secondary N) is 1. The number of amides is 1. The van der Waals surface area contributed by atoms with Gasteiger partial charge in [0.2, 0.25) is 0 Å². The summed E-state index contributed by atoms with van der Waals surface area (Å²) in [6.07, 6.45) is -1.90. The predicted octanol–water partition coefficient (Wildman–Crippen LogP) is 4.14. The number of fused-ring (bicyclic) bond motifs is 1. The Kier molecular flexibility index (Phi) is 4.14. The maximum Gasteiger partial charge on any atom is 0.573 e. The Morgan fingerprint density at radius 3 is 2.81 bits per heavy atom. The van der Waals surface area contributed by atoms with E-state index in [1.165, 1.54) is 23.9 Å². The van der Waals surface area contributed by atoms with Gasteiger partial charge in [0, 0.05) is 11.1 Å². The number of carbonyl (C=O) groups excluding carboxylic acids is 1. The lowest BCUT2D eigenvalue weighted by Crippen LogP contribution is -2.35. The molecular weight excluding hydrogens is 365 g/mol. The van der Waals surface area contributed by atoms with E-state index < -0.39 is 6.36 Å². The summed E-state index contributed by atoms with van der Waals surface area (Å²) in [5.41, 5.74) is 2.65. The minimum absolute atomic E-state index is 0.197. The fourth-order valence-electron chi connectivity index (χ4n) is 3.12. The number of alkyl halides is 3. The largest absolute Gasteiger partial charge is 0.573 e. The third kappa shape index (κ3) is 3.41. The van der Waals surface area contributed by atoms with E-state index in [-0.39, 0.29) is 17.7 Å². The van der Waals surface area contributed by atoms with E-state index in [0.717, 1.165) is 16.8 Å². The molecule has 0 spiro atoms. The zero-order valence-corrected chi connectivity index (χ0v) is 14.2. The van der Waals surface area contributed by atoms with Crippen molar-refractivity contribution in [3.05, 3.63) is 64.3 Å². The minimum atomic E-state index is -4.74. The lowest BCUT2D eigenvalue weighted by Gasteiger charge is -2.31. The molecule has 1 unspecified atom stereocenters. The van der Waals surface area contributed by atoms with Crippen molar-refractivity contribution < 1.29 is 22.7 Å². The van der Waals surface area contributed by atoms with E-state index in [0.29, 0.717) is 22.6 Å². The van der Waals surface area contributed by atoms with Gasteiger partial charge in [-0.15, -0.1) is 13.2 Å². The van der Waals surface area contributed by atoms with Crippen LogP contribution in [0, 0.1) is 0 Å². The van der Waals surface area contributed by atoms with Crippen LogP contribution < -0.4 is 10.1 Å². The molecule has 0 fully saturated rings. The molecule has 0 bridgehead atoms. The third-order valence-electron chi connectivity index (χ3n) is 4.22. The van der Waals surface area contributed by atoms with Gasteiger partial charge >= 0.3 is 6.36 Å². The highest BCUT2D eigenvalue weighted by atomic mass is 32.2. The normalized spacial score (nSPS) is 19.5. The number of thioether (sulfide) groups is 1. The lowest BCUT2D eigenvalue weighted by atomic mass is 9.93. The molecule has 2 aliphatic rings. The summed E-state index contributed by atoms with van der Waals surface area (Å²) in [6.45, 7) is 0. The SMILES string of the molecule is O=C1NC(c2ccccn2)CC2=C1Sc1cc(OC(F)(F)F)ccc1C2. The first-order valence-corrected chi connectivity index (χ1v) is 8.71. The van der Waals surface area contributed by atoms with Crippen LogP contribution in [-0.4, -0.2) is 17.3 Å². The number of nitrogens with zero attached hydrogens (tertiary/aromatic N) is 1. The molecule has 134 valence electrons. The van der Waals surface area contributed by atoms with Crippen LogP contribution in [0.5, 0.6) is 5.75 Å². The standard InChI is InChI=1S/C18H13F3N2O2S/c19-18(20,21)25-12-5-4-10-7-11-8-14(13-3-1-2-6-22-13)23-17(24)16(11)26-15(10)9-12/h1-6,9,14H,7-8H2,(H,23,24). The summed E-state index contributed by atoms with van der Waals surface area (Å²) in [6, 6.07) is 9.60. The number of carbonyl (C=O) groups is 1. The van der Waals surface area contributed by atoms with Crippen LogP contribution in [0.4, 0.5) is 13.2 Å². The minimum Gasteiger partial charge on any atom is -0.406 e. The molecule has 26 heavy (non-hydrogen) atoms. The van der Waals surface area contributed by atoms with E-state index in [1.807, 2.05) is 18.2 Å². The second-order valence-corrected chi connectivity index (χ2v) is 7.07. The molecule has 3 heterocycles. The van der Waals surface area contributed by atoms with Crippen LogP contribution in [0.15, 0.2) is 58.0 Å². The average Bonchev–Trinajstić information content (AvgIpc) is 2.60. The van der Waals surface area contributed by atoms with E-state index in [4.69, 9.17) is 0 Å². The second kappa shape index (κ2) is 6.35. The van der Waals surface area contributed by atoms with Gasteiger partial charge in [0.05, 0.1) is 16.6 Å². The number of rotatable bonds is 2. The molecule has 2 aliphatic heterocycles. The van der Waals surface area contributed by atoms with Gasteiger partial charge in [0.1, 0.15) is 5.75 Å². The van der Waals surface area contributed by atoms with Crippen LogP contribution in [0.1, 0.15) is 23.7 Å². The van der Waals surface area contributed by atoms with Crippen molar-refractivity contribution in [2.45, 2.75) is 30.1 Å². The van der Waals surface area contributed by atoms with Crippen molar-refractivity contribution in [2.24, 2.45) is 0 Å². The molecule has 1 aromatic carbocycles. The smallest absolute Gasteiger partial charge is 0.406 e. The molecule has 4 rings (SSSR count). The second-order valence-electron chi connectivity index (χ2n) is 6.01. The molecule has 4 nitrogen and oxygen atoms in total. The Hall–Kier alpha value is -2.48. The molecule has 1 aromatic heterocycles. The molecule has 0 radical (unpaired) electrons. The van der Waals surface area contributed by atoms with Gasteiger partial charge in [-0.05, 0) is 48.2 Å². The maximum atomic E-state index is 12.5. The predicted molar refractivity (Wildman–Crippen MR) is 89.4 cm³/mol. The maximum absolute atomic E-state index is 12.5. The number of pyridine rings is 1. The fraction of sp³-hybridized carbons (Fsp3) is 0.222. The van der Waals surface area contributed by atoms with E-state index in [9.17, 15) is 18.0 Å². The van der Waals surface area contributed by atoms with Gasteiger partial charge in [0.15, 0.2) is 0 Å². The molecule has 0 aliphatic carbocycles. The van der Waals surface area contributed by atoms with Crippen LogP contribution in [0.2, 0.25) is 0 Å². The summed E-state index contributed by atoms with van der Waals surface area (Å²) < 4.78 is 41.2. The van der Waals surface area contributed by atoms with Crippen molar-refractivity contribution in [3.8, 4) is 5.75 Å².